The maximum absolute atomic E-state index is 12.0. The van der Waals surface area contributed by atoms with Gasteiger partial charge in [-0.1, -0.05) is 44.3 Å². The first-order valence-corrected chi connectivity index (χ1v) is 5.44. The molecule has 0 amide bonds. The first kappa shape index (κ1) is 14.2. The summed E-state index contributed by atoms with van der Waals surface area (Å²) in [6.45, 7) is 0. The topological polar surface area (TPSA) is 36.0 Å². The minimum atomic E-state index is -0.600. The molecule has 1 aromatic heterocycles. The van der Waals surface area contributed by atoms with Gasteiger partial charge in [0.2, 0.25) is 0 Å². The van der Waals surface area contributed by atoms with Gasteiger partial charge >= 0.3 is 68.9 Å². The fourth-order valence-electron chi connectivity index (χ4n) is 2.22. The van der Waals surface area contributed by atoms with E-state index in [0.717, 1.165) is 18.5 Å². The smallest absolute Gasteiger partial charge is 0.847 e. The SMILES string of the molecule is [Cs+].[O-]C(c1ccccn1)C1CCCCC1. The van der Waals surface area contributed by atoms with Crippen molar-refractivity contribution < 1.29 is 74.0 Å². The number of pyridine rings is 1. The number of hydrogen-bond acceptors (Lipinski definition) is 2. The average Bonchev–Trinajstić information content (AvgIpc) is 2.30. The molecule has 0 aliphatic heterocycles. The molecule has 1 aliphatic carbocycles. The Kier molecular flexibility index (Phi) is 7.09. The van der Waals surface area contributed by atoms with Crippen LogP contribution in [0.25, 0.3) is 0 Å². The van der Waals surface area contributed by atoms with E-state index in [2.05, 4.69) is 4.98 Å². The molecule has 1 aliphatic rings. The molecule has 1 atom stereocenters. The summed E-state index contributed by atoms with van der Waals surface area (Å²) in [7, 11) is 0. The molecule has 1 heterocycles. The van der Waals surface area contributed by atoms with Gasteiger partial charge in [-0.25, -0.2) is 0 Å². The van der Waals surface area contributed by atoms with Crippen LogP contribution in [0.2, 0.25) is 0 Å². The van der Waals surface area contributed by atoms with Crippen molar-refractivity contribution >= 4 is 0 Å². The molecule has 0 saturated heterocycles. The van der Waals surface area contributed by atoms with Crippen LogP contribution in [0.4, 0.5) is 0 Å². The summed E-state index contributed by atoms with van der Waals surface area (Å²) in [5.41, 5.74) is 0.722. The van der Waals surface area contributed by atoms with Crippen molar-refractivity contribution in [2.75, 3.05) is 0 Å². The van der Waals surface area contributed by atoms with Crippen LogP contribution in [0.15, 0.2) is 24.4 Å². The molecule has 1 aromatic rings. The van der Waals surface area contributed by atoms with Crippen LogP contribution < -0.4 is 74.0 Å². The molecule has 3 heteroatoms. The Bertz CT molecular complexity index is 272. The summed E-state index contributed by atoms with van der Waals surface area (Å²) in [6.07, 6.45) is 7.02. The van der Waals surface area contributed by atoms with Gasteiger partial charge in [-0.05, 0) is 18.1 Å². The molecule has 76 valence electrons. The molecule has 2 rings (SSSR count). The summed E-state index contributed by atoms with van der Waals surface area (Å²) in [4.78, 5) is 4.14. The van der Waals surface area contributed by atoms with Crippen molar-refractivity contribution in [3.63, 3.8) is 0 Å². The second-order valence-corrected chi connectivity index (χ2v) is 4.07. The fraction of sp³-hybridized carbons (Fsp3) is 0.583. The normalized spacial score (nSPS) is 19.3. The third kappa shape index (κ3) is 4.15. The summed E-state index contributed by atoms with van der Waals surface area (Å²) in [5, 5.41) is 12.0. The number of aromatic nitrogens is 1. The van der Waals surface area contributed by atoms with E-state index in [9.17, 15) is 5.11 Å². The number of rotatable bonds is 2. The van der Waals surface area contributed by atoms with Gasteiger partial charge in [-0.3, -0.25) is 4.98 Å². The van der Waals surface area contributed by atoms with Gasteiger partial charge in [0.25, 0.3) is 0 Å². The zero-order chi connectivity index (χ0) is 9.80. The summed E-state index contributed by atoms with van der Waals surface area (Å²) < 4.78 is 0. The second-order valence-electron chi connectivity index (χ2n) is 4.07. The van der Waals surface area contributed by atoms with Crippen molar-refractivity contribution in [2.45, 2.75) is 38.2 Å². The largest absolute Gasteiger partial charge is 1.00 e. The molecular weight excluding hydrogens is 307 g/mol. The minimum Gasteiger partial charge on any atom is -0.847 e. The van der Waals surface area contributed by atoms with E-state index in [1.807, 2.05) is 18.2 Å². The minimum absolute atomic E-state index is 0. The first-order chi connectivity index (χ1) is 6.88. The van der Waals surface area contributed by atoms with E-state index in [1.54, 1.807) is 6.20 Å². The standard InChI is InChI=1S/C12H16NO.Cs/c14-12(10-6-2-1-3-7-10)11-8-4-5-9-13-11;/h4-5,8-10,12H,1-3,6-7H2;/q-1;+1. The van der Waals surface area contributed by atoms with Gasteiger partial charge in [0.15, 0.2) is 0 Å². The van der Waals surface area contributed by atoms with Crippen molar-refractivity contribution in [2.24, 2.45) is 5.92 Å². The molecule has 15 heavy (non-hydrogen) atoms. The van der Waals surface area contributed by atoms with Crippen LogP contribution in [-0.4, -0.2) is 4.98 Å². The molecule has 1 unspecified atom stereocenters. The van der Waals surface area contributed by atoms with E-state index in [4.69, 9.17) is 0 Å². The van der Waals surface area contributed by atoms with Crippen molar-refractivity contribution in [3.05, 3.63) is 30.1 Å². The predicted octanol–water partition coefficient (Wildman–Crippen LogP) is -0.933. The van der Waals surface area contributed by atoms with Gasteiger partial charge in [0, 0.05) is 11.9 Å². The molecule has 0 radical (unpaired) electrons. The molecule has 2 nitrogen and oxygen atoms in total. The molecule has 0 spiro atoms. The van der Waals surface area contributed by atoms with Crippen LogP contribution in [0.5, 0.6) is 0 Å². The quantitative estimate of drug-likeness (QED) is 0.705. The molecule has 0 N–H and O–H groups in total. The van der Waals surface area contributed by atoms with Crippen LogP contribution in [-0.2, 0) is 0 Å². The maximum Gasteiger partial charge on any atom is 1.00 e. The summed E-state index contributed by atoms with van der Waals surface area (Å²) in [5.74, 6) is 0.318. The summed E-state index contributed by atoms with van der Waals surface area (Å²) in [6, 6.07) is 5.61. The van der Waals surface area contributed by atoms with Crippen molar-refractivity contribution in [1.82, 2.24) is 4.98 Å². The molecule has 0 aromatic carbocycles. The fourth-order valence-corrected chi connectivity index (χ4v) is 2.22. The third-order valence-electron chi connectivity index (χ3n) is 3.06. The zero-order valence-electron chi connectivity index (χ0n) is 9.36. The average molecular weight is 323 g/mol. The van der Waals surface area contributed by atoms with Crippen molar-refractivity contribution in [1.29, 1.82) is 0 Å². The zero-order valence-corrected chi connectivity index (χ0v) is 15.6. The number of nitrogens with zero attached hydrogens (tertiary/aromatic N) is 1. The maximum atomic E-state index is 12.0. The van der Waals surface area contributed by atoms with Gasteiger partial charge in [-0.2, -0.15) is 0 Å². The Morgan fingerprint density at radius 3 is 2.53 bits per heavy atom. The monoisotopic (exact) mass is 323 g/mol. The van der Waals surface area contributed by atoms with Crippen LogP contribution >= 0.6 is 0 Å². The molecule has 1 fully saturated rings. The predicted molar refractivity (Wildman–Crippen MR) is 53.6 cm³/mol. The van der Waals surface area contributed by atoms with Gasteiger partial charge < -0.3 is 5.11 Å². The molecule has 0 bridgehead atoms. The first-order valence-electron chi connectivity index (χ1n) is 5.44. The van der Waals surface area contributed by atoms with Gasteiger partial charge in [0.05, 0.1) is 0 Å². The second kappa shape index (κ2) is 7.48. The van der Waals surface area contributed by atoms with Gasteiger partial charge in [0.1, 0.15) is 0 Å². The van der Waals surface area contributed by atoms with Gasteiger partial charge in [-0.15, -0.1) is 0 Å². The van der Waals surface area contributed by atoms with Crippen molar-refractivity contribution in [3.8, 4) is 0 Å². The Labute approximate surface area is 150 Å². The van der Waals surface area contributed by atoms with E-state index in [0.29, 0.717) is 5.92 Å². The van der Waals surface area contributed by atoms with Crippen LogP contribution in [0.3, 0.4) is 0 Å². The molecular formula is C12H16CsNO. The van der Waals surface area contributed by atoms with Crippen LogP contribution in [0.1, 0.15) is 43.9 Å². The summed E-state index contributed by atoms with van der Waals surface area (Å²) >= 11 is 0. The Morgan fingerprint density at radius 1 is 1.20 bits per heavy atom. The third-order valence-corrected chi connectivity index (χ3v) is 3.06. The Hall–Kier alpha value is 1.16. The van der Waals surface area contributed by atoms with E-state index < -0.39 is 6.10 Å². The Balaban J connectivity index is 0.00000112. The van der Waals surface area contributed by atoms with E-state index in [1.165, 1.54) is 19.3 Å². The van der Waals surface area contributed by atoms with E-state index >= 15 is 0 Å². The molecule has 1 saturated carbocycles. The number of hydrogen-bond donors (Lipinski definition) is 0. The Morgan fingerprint density at radius 2 is 1.93 bits per heavy atom. The van der Waals surface area contributed by atoms with Crippen LogP contribution in [0, 0.1) is 5.92 Å². The van der Waals surface area contributed by atoms with E-state index in [-0.39, 0.29) is 68.9 Å².